The molecule has 0 radical (unpaired) electrons. The summed E-state index contributed by atoms with van der Waals surface area (Å²) in [4.78, 5) is 0. The number of aliphatic hydroxyl groups is 1. The SMILES string of the molecule is OC(Cc1cc(F)cc(F)c1)c1cc(F)cc(Br)c1. The van der Waals surface area contributed by atoms with Crippen molar-refractivity contribution in [1.29, 1.82) is 0 Å². The van der Waals surface area contributed by atoms with Crippen LogP contribution in [0.5, 0.6) is 0 Å². The minimum absolute atomic E-state index is 0.00454. The van der Waals surface area contributed by atoms with E-state index in [0.29, 0.717) is 15.6 Å². The van der Waals surface area contributed by atoms with Gasteiger partial charge in [0.25, 0.3) is 0 Å². The second-order valence-corrected chi connectivity index (χ2v) is 5.12. The highest BCUT2D eigenvalue weighted by Gasteiger charge is 2.12. The normalized spacial score (nSPS) is 12.5. The molecule has 1 unspecified atom stereocenters. The van der Waals surface area contributed by atoms with Crippen molar-refractivity contribution in [3.8, 4) is 0 Å². The van der Waals surface area contributed by atoms with E-state index >= 15 is 0 Å². The number of benzene rings is 2. The van der Waals surface area contributed by atoms with Crippen LogP contribution in [0.3, 0.4) is 0 Å². The van der Waals surface area contributed by atoms with Crippen LogP contribution in [0.1, 0.15) is 17.2 Å². The van der Waals surface area contributed by atoms with Crippen molar-refractivity contribution < 1.29 is 18.3 Å². The fourth-order valence-corrected chi connectivity index (χ4v) is 2.32. The topological polar surface area (TPSA) is 20.2 Å². The molecule has 1 nitrogen and oxygen atoms in total. The molecule has 0 saturated carbocycles. The Bertz CT molecular complexity index is 561. The molecule has 0 saturated heterocycles. The maximum Gasteiger partial charge on any atom is 0.126 e. The summed E-state index contributed by atoms with van der Waals surface area (Å²) in [6.45, 7) is 0. The molecular weight excluding hydrogens is 321 g/mol. The average Bonchev–Trinajstić information content (AvgIpc) is 2.25. The predicted molar refractivity (Wildman–Crippen MR) is 69.1 cm³/mol. The van der Waals surface area contributed by atoms with Crippen LogP contribution in [0.4, 0.5) is 13.2 Å². The van der Waals surface area contributed by atoms with E-state index in [2.05, 4.69) is 15.9 Å². The second-order valence-electron chi connectivity index (χ2n) is 4.20. The van der Waals surface area contributed by atoms with E-state index < -0.39 is 23.6 Å². The summed E-state index contributed by atoms with van der Waals surface area (Å²) in [6.07, 6.45) is -1.03. The first kappa shape index (κ1) is 14.1. The number of hydrogen-bond donors (Lipinski definition) is 1. The lowest BCUT2D eigenvalue weighted by molar-refractivity contribution is 0.177. The molecule has 5 heteroatoms. The first-order valence-corrected chi connectivity index (χ1v) is 6.32. The van der Waals surface area contributed by atoms with Gasteiger partial charge in [0.1, 0.15) is 17.5 Å². The lowest BCUT2D eigenvalue weighted by atomic mass is 10.0. The first-order valence-electron chi connectivity index (χ1n) is 5.53. The van der Waals surface area contributed by atoms with E-state index in [0.717, 1.165) is 18.2 Å². The largest absolute Gasteiger partial charge is 0.388 e. The zero-order valence-electron chi connectivity index (χ0n) is 9.71. The maximum atomic E-state index is 13.2. The third kappa shape index (κ3) is 3.81. The van der Waals surface area contributed by atoms with Crippen LogP contribution in [0.15, 0.2) is 40.9 Å². The van der Waals surface area contributed by atoms with Gasteiger partial charge in [-0.2, -0.15) is 0 Å². The molecule has 0 aliphatic rings. The molecule has 1 atom stereocenters. The first-order chi connectivity index (χ1) is 8.94. The molecule has 1 N–H and O–H groups in total. The van der Waals surface area contributed by atoms with Gasteiger partial charge in [-0.3, -0.25) is 0 Å². The lowest BCUT2D eigenvalue weighted by Gasteiger charge is -2.12. The van der Waals surface area contributed by atoms with E-state index in [-0.39, 0.29) is 6.42 Å². The Morgan fingerprint density at radius 2 is 1.47 bits per heavy atom. The number of rotatable bonds is 3. The van der Waals surface area contributed by atoms with Crippen LogP contribution in [0.25, 0.3) is 0 Å². The van der Waals surface area contributed by atoms with E-state index in [9.17, 15) is 18.3 Å². The third-order valence-corrected chi connectivity index (χ3v) is 3.08. The van der Waals surface area contributed by atoms with Gasteiger partial charge in [0.05, 0.1) is 6.10 Å². The number of hydrogen-bond acceptors (Lipinski definition) is 1. The molecule has 0 amide bonds. The second kappa shape index (κ2) is 5.75. The van der Waals surface area contributed by atoms with Crippen molar-refractivity contribution in [2.75, 3.05) is 0 Å². The molecule has 0 heterocycles. The zero-order valence-corrected chi connectivity index (χ0v) is 11.3. The third-order valence-electron chi connectivity index (χ3n) is 2.62. The van der Waals surface area contributed by atoms with Crippen molar-refractivity contribution >= 4 is 15.9 Å². The Morgan fingerprint density at radius 3 is 2.05 bits per heavy atom. The highest BCUT2D eigenvalue weighted by atomic mass is 79.9. The summed E-state index contributed by atoms with van der Waals surface area (Å²) < 4.78 is 39.7. The number of aliphatic hydroxyl groups excluding tert-OH is 1. The van der Waals surface area contributed by atoms with Gasteiger partial charge < -0.3 is 5.11 Å². The minimum Gasteiger partial charge on any atom is -0.388 e. The molecule has 2 rings (SSSR count). The van der Waals surface area contributed by atoms with Crippen LogP contribution in [-0.2, 0) is 6.42 Å². The van der Waals surface area contributed by atoms with Gasteiger partial charge in [-0.05, 0) is 41.5 Å². The van der Waals surface area contributed by atoms with E-state index in [4.69, 9.17) is 0 Å². The number of halogens is 4. The summed E-state index contributed by atoms with van der Waals surface area (Å²) in [5.41, 5.74) is 0.655. The smallest absolute Gasteiger partial charge is 0.126 e. The maximum absolute atomic E-state index is 13.2. The molecular formula is C14H10BrF3O. The van der Waals surface area contributed by atoms with Crippen LogP contribution >= 0.6 is 15.9 Å². The molecule has 0 bridgehead atoms. The monoisotopic (exact) mass is 330 g/mol. The standard InChI is InChI=1S/C14H10BrF3O/c15-10-4-9(5-13(18)6-10)14(19)3-8-1-11(16)7-12(17)2-8/h1-2,4-7,14,19H,3H2. The van der Waals surface area contributed by atoms with Gasteiger partial charge >= 0.3 is 0 Å². The van der Waals surface area contributed by atoms with E-state index in [1.165, 1.54) is 12.1 Å². The van der Waals surface area contributed by atoms with Gasteiger partial charge in [0, 0.05) is 17.0 Å². The van der Waals surface area contributed by atoms with E-state index in [1.54, 1.807) is 6.07 Å². The molecule has 2 aromatic carbocycles. The summed E-state index contributed by atoms with van der Waals surface area (Å²) in [5.74, 6) is -1.90. The van der Waals surface area contributed by atoms with Crippen molar-refractivity contribution in [1.82, 2.24) is 0 Å². The Kier molecular flexibility index (Phi) is 4.27. The van der Waals surface area contributed by atoms with Crippen molar-refractivity contribution in [3.63, 3.8) is 0 Å². The molecule has 0 spiro atoms. The van der Waals surface area contributed by atoms with Gasteiger partial charge in [-0.1, -0.05) is 15.9 Å². The van der Waals surface area contributed by atoms with Crippen LogP contribution in [-0.4, -0.2) is 5.11 Å². The van der Waals surface area contributed by atoms with Crippen molar-refractivity contribution in [2.24, 2.45) is 0 Å². The summed E-state index contributed by atoms with van der Waals surface area (Å²) in [6, 6.07) is 7.04. The molecule has 0 aliphatic carbocycles. The van der Waals surface area contributed by atoms with Crippen LogP contribution in [0.2, 0.25) is 0 Å². The van der Waals surface area contributed by atoms with Gasteiger partial charge in [0.15, 0.2) is 0 Å². The lowest BCUT2D eigenvalue weighted by Crippen LogP contribution is -2.03. The highest BCUT2D eigenvalue weighted by Crippen LogP contribution is 2.23. The zero-order chi connectivity index (χ0) is 14.0. The van der Waals surface area contributed by atoms with Gasteiger partial charge in [-0.15, -0.1) is 0 Å². The summed E-state index contributed by atoms with van der Waals surface area (Å²) >= 11 is 3.12. The fourth-order valence-electron chi connectivity index (χ4n) is 1.84. The predicted octanol–water partition coefficient (Wildman–Crippen LogP) is 4.14. The summed E-state index contributed by atoms with van der Waals surface area (Å²) in [5, 5.41) is 9.97. The molecule has 2 aromatic rings. The Labute approximate surface area is 116 Å². The quantitative estimate of drug-likeness (QED) is 0.896. The molecule has 100 valence electrons. The van der Waals surface area contributed by atoms with Crippen LogP contribution in [0, 0.1) is 17.5 Å². The Morgan fingerprint density at radius 1 is 0.895 bits per heavy atom. The summed E-state index contributed by atoms with van der Waals surface area (Å²) in [7, 11) is 0. The molecule has 0 aliphatic heterocycles. The molecule has 19 heavy (non-hydrogen) atoms. The van der Waals surface area contributed by atoms with E-state index in [1.807, 2.05) is 0 Å². The molecule has 0 aromatic heterocycles. The van der Waals surface area contributed by atoms with Crippen molar-refractivity contribution in [2.45, 2.75) is 12.5 Å². The van der Waals surface area contributed by atoms with Crippen molar-refractivity contribution in [3.05, 3.63) is 69.4 Å². The Hall–Kier alpha value is -1.33. The minimum atomic E-state index is -1.03. The van der Waals surface area contributed by atoms with Gasteiger partial charge in [0.2, 0.25) is 0 Å². The molecule has 0 fully saturated rings. The average molecular weight is 331 g/mol. The highest BCUT2D eigenvalue weighted by molar-refractivity contribution is 9.10. The van der Waals surface area contributed by atoms with Gasteiger partial charge in [-0.25, -0.2) is 13.2 Å². The van der Waals surface area contributed by atoms with Crippen LogP contribution < -0.4 is 0 Å². The Balaban J connectivity index is 2.22. The fraction of sp³-hybridized carbons (Fsp3) is 0.143.